The van der Waals surface area contributed by atoms with Crippen LogP contribution in [0.5, 0.6) is 0 Å². The number of hydrogen-bond acceptors (Lipinski definition) is 17. The molecule has 0 aliphatic heterocycles. The molecule has 3 rings (SSSR count). The molecule has 3 aromatic rings. The van der Waals surface area contributed by atoms with E-state index >= 15 is 0 Å². The van der Waals surface area contributed by atoms with Crippen molar-refractivity contribution in [2.75, 3.05) is 106 Å². The fourth-order valence-corrected chi connectivity index (χ4v) is 6.98. The topological polar surface area (TPSA) is 300 Å². The van der Waals surface area contributed by atoms with Crippen LogP contribution in [0.4, 0.5) is 0 Å². The molecule has 0 atom stereocenters. The zero-order chi connectivity index (χ0) is 48.1. The largest absolute Gasteiger partial charge is 0.427 e. The third-order valence-electron chi connectivity index (χ3n) is 9.91. The third-order valence-corrected chi connectivity index (χ3v) is 11.1. The minimum atomic E-state index is -0.626. The predicted molar refractivity (Wildman–Crippen MR) is 248 cm³/mol. The first kappa shape index (κ1) is 53.7. The summed E-state index contributed by atoms with van der Waals surface area (Å²) < 4.78 is 0.784. The lowest BCUT2D eigenvalue weighted by Crippen LogP contribution is -2.36. The Kier molecular flexibility index (Phi) is 22.8. The van der Waals surface area contributed by atoms with Crippen LogP contribution in [0.2, 0.25) is 0 Å². The monoisotopic (exact) mass is 961 g/mol. The zero-order valence-electron chi connectivity index (χ0n) is 36.4. The van der Waals surface area contributed by atoms with Gasteiger partial charge in [0, 0.05) is 72.0 Å². The summed E-state index contributed by atoms with van der Waals surface area (Å²) in [6.07, 6.45) is 1.82. The van der Waals surface area contributed by atoms with Gasteiger partial charge in [-0.2, -0.15) is 14.2 Å². The summed E-state index contributed by atoms with van der Waals surface area (Å²) in [4.78, 5) is 81.4. The number of nitrogens with one attached hydrogen (secondary N) is 5. The molecule has 3 heterocycles. The van der Waals surface area contributed by atoms with E-state index < -0.39 is 29.5 Å². The lowest BCUT2D eigenvalue weighted by Gasteiger charge is -2.23. The van der Waals surface area contributed by atoms with Crippen LogP contribution >= 0.6 is 36.7 Å². The Bertz CT molecular complexity index is 2210. The van der Waals surface area contributed by atoms with Crippen molar-refractivity contribution in [3.8, 4) is 0 Å². The molecule has 356 valence electrons. The molecule has 65 heavy (non-hydrogen) atoms. The molecule has 0 aliphatic rings. The van der Waals surface area contributed by atoms with Gasteiger partial charge in [0.15, 0.2) is 20.2 Å². The van der Waals surface area contributed by atoms with Crippen LogP contribution in [0.1, 0.15) is 81.8 Å². The fourth-order valence-electron chi connectivity index (χ4n) is 6.24. The molecule has 0 unspecified atom stereocenters. The molecule has 0 aromatic carbocycles. The van der Waals surface area contributed by atoms with Gasteiger partial charge in [-0.1, -0.05) is 36.7 Å². The van der Waals surface area contributed by atoms with E-state index in [1.807, 2.05) is 28.8 Å². The second kappa shape index (κ2) is 27.6. The van der Waals surface area contributed by atoms with Gasteiger partial charge < -0.3 is 68.4 Å². The van der Waals surface area contributed by atoms with Crippen LogP contribution in [0.25, 0.3) is 0 Å². The van der Waals surface area contributed by atoms with Gasteiger partial charge >= 0.3 is 0 Å². The molecule has 3 aromatic heterocycles. The van der Waals surface area contributed by atoms with Crippen molar-refractivity contribution in [1.82, 2.24) is 55.5 Å². The molecule has 0 fully saturated rings. The molecule has 12 N–H and O–H groups in total. The van der Waals surface area contributed by atoms with Crippen LogP contribution in [-0.4, -0.2) is 186 Å². The van der Waals surface area contributed by atoms with Crippen LogP contribution in [0.3, 0.4) is 0 Å². The molecule has 22 nitrogen and oxygen atoms in total. The van der Waals surface area contributed by atoms with Gasteiger partial charge in [-0.25, -0.2) is 0 Å². The van der Waals surface area contributed by atoms with Crippen molar-refractivity contribution in [2.24, 2.45) is 11.5 Å². The highest BCUT2D eigenvalue weighted by atomic mass is 32.1. The van der Waals surface area contributed by atoms with Crippen LogP contribution in [-0.2, 0) is 0 Å². The Balaban J connectivity index is 1.59. The number of likely N-dealkylation sites (N-methyl/N-ethyl adjacent to an activating group) is 2. The fraction of sp³-hybridized carbons (Fsp3) is 0.475. The van der Waals surface area contributed by atoms with Crippen LogP contribution in [0, 0.1) is 13.9 Å². The van der Waals surface area contributed by atoms with Crippen LogP contribution < -0.4 is 38.1 Å². The SMILES string of the molecule is CN(CCN)CCNC(=O)c1ccc(C(=O)NCCCN(CCCNC(=O)c2ccc(C=O)c(=S)n2O)CCCNC(=O)c2ccc(C(=O)NCCN(C)CCN)c(=S)n2O)n(O)c1=S. The van der Waals surface area contributed by atoms with Gasteiger partial charge in [0.05, 0.1) is 16.7 Å². The maximum absolute atomic E-state index is 13.1. The second-order valence-electron chi connectivity index (χ2n) is 14.8. The molecule has 0 saturated carbocycles. The summed E-state index contributed by atoms with van der Waals surface area (Å²) in [5, 5.41) is 45.3. The first-order chi connectivity index (χ1) is 31.1. The highest BCUT2D eigenvalue weighted by Gasteiger charge is 2.19. The van der Waals surface area contributed by atoms with Crippen LogP contribution in [0.15, 0.2) is 36.4 Å². The van der Waals surface area contributed by atoms with E-state index in [1.54, 1.807) is 0 Å². The number of aromatic nitrogens is 3. The average molecular weight is 962 g/mol. The Morgan fingerprint density at radius 3 is 1.22 bits per heavy atom. The summed E-state index contributed by atoms with van der Waals surface area (Å²) in [7, 11) is 3.73. The molecule has 0 aliphatic carbocycles. The van der Waals surface area contributed by atoms with Crippen molar-refractivity contribution < 1.29 is 44.4 Å². The first-order valence-electron chi connectivity index (χ1n) is 20.8. The molecule has 0 radical (unpaired) electrons. The maximum atomic E-state index is 13.1. The summed E-state index contributed by atoms with van der Waals surface area (Å²) in [6.45, 7) is 5.96. The number of amides is 5. The minimum absolute atomic E-state index is 0.0250. The van der Waals surface area contributed by atoms with Gasteiger partial charge in [-0.3, -0.25) is 28.8 Å². The second-order valence-corrected chi connectivity index (χ2v) is 15.9. The number of pyridine rings is 3. The summed E-state index contributed by atoms with van der Waals surface area (Å²) in [6, 6.07) is 7.95. The highest BCUT2D eigenvalue weighted by molar-refractivity contribution is 7.71. The van der Waals surface area contributed by atoms with Gasteiger partial charge in [-0.05, 0) is 89.4 Å². The van der Waals surface area contributed by atoms with Crippen molar-refractivity contribution in [2.45, 2.75) is 19.3 Å². The van der Waals surface area contributed by atoms with E-state index in [1.165, 1.54) is 36.4 Å². The number of carbonyl (C=O) groups is 6. The molecule has 0 bridgehead atoms. The van der Waals surface area contributed by atoms with E-state index in [0.29, 0.717) is 112 Å². The van der Waals surface area contributed by atoms with Gasteiger partial charge in [0.1, 0.15) is 17.1 Å². The predicted octanol–water partition coefficient (Wildman–Crippen LogP) is 0.107. The summed E-state index contributed by atoms with van der Waals surface area (Å²) >= 11 is 15.6. The normalized spacial score (nSPS) is 11.1. The van der Waals surface area contributed by atoms with E-state index in [0.717, 1.165) is 0 Å². The highest BCUT2D eigenvalue weighted by Crippen LogP contribution is 2.10. The molecule has 5 amide bonds. The Labute approximate surface area is 391 Å². The molecule has 0 spiro atoms. The smallest absolute Gasteiger partial charge is 0.271 e. The Morgan fingerprint density at radius 2 is 0.862 bits per heavy atom. The van der Waals surface area contributed by atoms with Crippen molar-refractivity contribution >= 4 is 72.5 Å². The number of hydrogen-bond donors (Lipinski definition) is 10. The van der Waals surface area contributed by atoms with Gasteiger partial charge in [-0.15, -0.1) is 0 Å². The Morgan fingerprint density at radius 1 is 0.523 bits per heavy atom. The minimum Gasteiger partial charge on any atom is -0.427 e. The van der Waals surface area contributed by atoms with Crippen molar-refractivity contribution in [3.05, 3.63) is 84.1 Å². The number of nitrogens with zero attached hydrogens (tertiary/aromatic N) is 6. The number of aldehydes is 1. The Hall–Kier alpha value is -5.67. The number of nitrogens with two attached hydrogens (primary N) is 2. The van der Waals surface area contributed by atoms with Gasteiger partial charge in [0.25, 0.3) is 29.5 Å². The summed E-state index contributed by atoms with van der Waals surface area (Å²) in [5.74, 6) is -2.87. The van der Waals surface area contributed by atoms with Gasteiger partial charge in [0.2, 0.25) is 0 Å². The average Bonchev–Trinajstić information content (AvgIpc) is 3.27. The summed E-state index contributed by atoms with van der Waals surface area (Å²) in [5.41, 5.74) is 10.7. The zero-order valence-corrected chi connectivity index (χ0v) is 38.9. The lowest BCUT2D eigenvalue weighted by atomic mass is 10.2. The molecule has 0 saturated heterocycles. The van der Waals surface area contributed by atoms with E-state index in [4.69, 9.17) is 48.1 Å². The lowest BCUT2D eigenvalue weighted by molar-refractivity contribution is 0.0879. The van der Waals surface area contributed by atoms with Crippen molar-refractivity contribution in [1.29, 1.82) is 0 Å². The number of carbonyl (C=O) groups excluding carboxylic acids is 6. The first-order valence-corrected chi connectivity index (χ1v) is 22.0. The number of rotatable bonds is 28. The van der Waals surface area contributed by atoms with Crippen molar-refractivity contribution in [3.63, 3.8) is 0 Å². The van der Waals surface area contributed by atoms with E-state index in [2.05, 4.69) is 26.6 Å². The quantitative estimate of drug-likeness (QED) is 0.0200. The third kappa shape index (κ3) is 16.4. The molecular formula is C40H59N13O9S3. The van der Waals surface area contributed by atoms with E-state index in [9.17, 15) is 44.4 Å². The molecule has 25 heteroatoms. The van der Waals surface area contributed by atoms with E-state index in [-0.39, 0.29) is 67.3 Å². The standard InChI is InChI=1S/C40H59N13O9S3/c1-48(22-12-41)24-17-46-33(55)28-7-10-31(52(61)39(28)64)36(58)44-15-4-20-50(19-3-14-43-35(57)30-9-6-27(26-54)38(63)51(30)60)21-5-16-45-37(59)32-11-8-29(40(65)53(32)62)34(56)47-18-25-49(2)23-13-42/h6-11,26,60-62H,3-5,12-25,41-42H2,1-2H3,(H,43,57)(H,44,58)(H,45,59)(H,46,55)(H,47,56). The molecular weight excluding hydrogens is 903 g/mol. The maximum Gasteiger partial charge on any atom is 0.271 e.